The Morgan fingerprint density at radius 2 is 2.00 bits per heavy atom. The van der Waals surface area contributed by atoms with E-state index in [0.29, 0.717) is 48.2 Å². The van der Waals surface area contributed by atoms with Crippen LogP contribution in [0.3, 0.4) is 0 Å². The highest BCUT2D eigenvalue weighted by molar-refractivity contribution is 5.90. The van der Waals surface area contributed by atoms with Gasteiger partial charge in [0.2, 0.25) is 11.8 Å². The Labute approximate surface area is 221 Å². The zero-order chi connectivity index (χ0) is 27.1. The normalized spacial score (nSPS) is 15.3. The van der Waals surface area contributed by atoms with Crippen molar-refractivity contribution < 1.29 is 23.4 Å². The van der Waals surface area contributed by atoms with Crippen molar-refractivity contribution in [2.24, 2.45) is 0 Å². The van der Waals surface area contributed by atoms with E-state index < -0.39 is 17.9 Å². The van der Waals surface area contributed by atoms with Crippen molar-refractivity contribution in [3.8, 4) is 17.3 Å². The van der Waals surface area contributed by atoms with Gasteiger partial charge >= 0.3 is 5.97 Å². The van der Waals surface area contributed by atoms with Crippen molar-refractivity contribution >= 4 is 34.3 Å². The molecule has 0 saturated carbocycles. The number of carboxylic acids is 1. The van der Waals surface area contributed by atoms with Crippen molar-refractivity contribution in [1.82, 2.24) is 34.3 Å². The molecule has 5 heterocycles. The van der Waals surface area contributed by atoms with E-state index in [-0.39, 0.29) is 11.7 Å². The van der Waals surface area contributed by atoms with Gasteiger partial charge in [-0.05, 0) is 31.2 Å². The van der Waals surface area contributed by atoms with E-state index >= 15 is 0 Å². The lowest BCUT2D eigenvalue weighted by molar-refractivity contribution is -0.144. The van der Waals surface area contributed by atoms with E-state index in [9.17, 15) is 9.18 Å². The maximum absolute atomic E-state index is 14.8. The molecule has 3 N–H and O–H groups in total. The third-order valence-corrected chi connectivity index (χ3v) is 6.76. The molecule has 1 atom stereocenters. The van der Waals surface area contributed by atoms with Crippen LogP contribution in [0.25, 0.3) is 28.3 Å². The number of fused-ring (bicyclic) bond motifs is 3. The average molecular weight is 536 g/mol. The van der Waals surface area contributed by atoms with Gasteiger partial charge in [0.25, 0.3) is 0 Å². The van der Waals surface area contributed by atoms with Crippen molar-refractivity contribution in [2.75, 3.05) is 43.4 Å². The number of ether oxygens (including phenoxy) is 1. The minimum atomic E-state index is -1.11. The number of piperazine rings is 1. The second-order valence-electron chi connectivity index (χ2n) is 9.26. The molecule has 5 aromatic rings. The van der Waals surface area contributed by atoms with Crippen LogP contribution in [-0.4, -0.2) is 84.2 Å². The molecular weight excluding hydrogens is 509 g/mol. The number of carboxylic acid groups (broad SMARTS) is 1. The Balaban J connectivity index is 1.10. The Kier molecular flexibility index (Phi) is 6.23. The lowest BCUT2D eigenvalue weighted by atomic mass is 10.2. The summed E-state index contributed by atoms with van der Waals surface area (Å²) in [6, 6.07) is 7.99. The fourth-order valence-electron chi connectivity index (χ4n) is 4.65. The smallest absolute Gasteiger partial charge is 0.344 e. The highest BCUT2D eigenvalue weighted by Crippen LogP contribution is 2.26. The molecule has 1 aliphatic rings. The summed E-state index contributed by atoms with van der Waals surface area (Å²) in [6.07, 6.45) is 2.21. The Bertz CT molecular complexity index is 1640. The first-order valence-electron chi connectivity index (χ1n) is 12.5. The summed E-state index contributed by atoms with van der Waals surface area (Å²) in [6.45, 7) is 5.48. The zero-order valence-electron chi connectivity index (χ0n) is 21.1. The average Bonchev–Trinajstić information content (AvgIpc) is 3.68. The monoisotopic (exact) mass is 535 g/mol. The molecular formula is C25H26FN9O4. The number of nitrogen functional groups attached to an aromatic ring is 1. The zero-order valence-corrected chi connectivity index (χ0v) is 21.1. The highest BCUT2D eigenvalue weighted by atomic mass is 19.1. The van der Waals surface area contributed by atoms with Crippen LogP contribution in [0.15, 0.2) is 47.2 Å². The van der Waals surface area contributed by atoms with Gasteiger partial charge in [0.05, 0.1) is 30.1 Å². The summed E-state index contributed by atoms with van der Waals surface area (Å²) in [4.78, 5) is 24.3. The van der Waals surface area contributed by atoms with Crippen LogP contribution in [0.4, 0.5) is 16.0 Å². The number of anilines is 2. The summed E-state index contributed by atoms with van der Waals surface area (Å²) in [5.74, 6) is -0.209. The fourth-order valence-corrected chi connectivity index (χ4v) is 4.65. The lowest BCUT2D eigenvalue weighted by Gasteiger charge is -2.36. The molecule has 0 bridgehead atoms. The largest absolute Gasteiger partial charge is 0.479 e. The Morgan fingerprint density at radius 1 is 1.18 bits per heavy atom. The fraction of sp³-hybridized carbons (Fsp3) is 0.320. The quantitative estimate of drug-likeness (QED) is 0.300. The molecule has 0 radical (unpaired) electrons. The number of aliphatic carboxylic acids is 1. The number of carbonyl (C=O) groups is 1. The standard InChI is InChI=1S/C25H26FN9O4/c1-15(24(36)37)39-16-4-5-19(18(26)13-16)33-9-6-32(7-10-33)8-11-34-22-17(14-28-34)23-29-21(20-3-2-12-38-20)31-35(23)25(27)30-22/h2-5,12-15H,6-11H2,1H3,(H2,27,30)(H,36,37)/t15-/m0/s1. The van der Waals surface area contributed by atoms with E-state index in [1.807, 2.05) is 4.90 Å². The lowest BCUT2D eigenvalue weighted by Crippen LogP contribution is -2.47. The molecule has 1 aliphatic heterocycles. The van der Waals surface area contributed by atoms with Crippen LogP contribution in [0, 0.1) is 5.82 Å². The molecule has 0 aliphatic carbocycles. The van der Waals surface area contributed by atoms with Crippen molar-refractivity contribution in [1.29, 1.82) is 0 Å². The Morgan fingerprint density at radius 3 is 2.72 bits per heavy atom. The number of benzene rings is 1. The van der Waals surface area contributed by atoms with Crippen LogP contribution in [0.1, 0.15) is 6.92 Å². The van der Waals surface area contributed by atoms with Gasteiger partial charge in [-0.2, -0.15) is 14.6 Å². The first kappa shape index (κ1) is 24.6. The van der Waals surface area contributed by atoms with Gasteiger partial charge in [-0.25, -0.2) is 18.9 Å². The molecule has 1 aromatic carbocycles. The van der Waals surface area contributed by atoms with Crippen molar-refractivity contribution in [3.05, 3.63) is 48.6 Å². The predicted molar refractivity (Wildman–Crippen MR) is 139 cm³/mol. The summed E-state index contributed by atoms with van der Waals surface area (Å²) >= 11 is 0. The van der Waals surface area contributed by atoms with E-state index in [1.165, 1.54) is 17.5 Å². The molecule has 6 rings (SSSR count). The van der Waals surface area contributed by atoms with E-state index in [2.05, 4.69) is 25.1 Å². The number of halogens is 1. The van der Waals surface area contributed by atoms with Gasteiger partial charge in [0.15, 0.2) is 23.2 Å². The molecule has 13 nitrogen and oxygen atoms in total. The molecule has 0 amide bonds. The first-order valence-corrected chi connectivity index (χ1v) is 12.5. The minimum absolute atomic E-state index is 0.186. The van der Waals surface area contributed by atoms with Gasteiger partial charge < -0.3 is 24.9 Å². The number of nitrogens with two attached hydrogens (primary N) is 1. The van der Waals surface area contributed by atoms with Crippen LogP contribution < -0.4 is 15.4 Å². The van der Waals surface area contributed by atoms with Gasteiger partial charge in [-0.1, -0.05) is 0 Å². The number of hydrogen-bond acceptors (Lipinski definition) is 10. The molecule has 1 saturated heterocycles. The van der Waals surface area contributed by atoms with E-state index in [0.717, 1.165) is 25.0 Å². The van der Waals surface area contributed by atoms with Crippen LogP contribution in [0.5, 0.6) is 5.75 Å². The number of hydrogen-bond donors (Lipinski definition) is 2. The van der Waals surface area contributed by atoms with Crippen LogP contribution in [0.2, 0.25) is 0 Å². The molecule has 1 fully saturated rings. The Hall–Kier alpha value is -4.72. The minimum Gasteiger partial charge on any atom is -0.479 e. The summed E-state index contributed by atoms with van der Waals surface area (Å²) in [5, 5.41) is 18.6. The first-order chi connectivity index (χ1) is 18.9. The van der Waals surface area contributed by atoms with Gasteiger partial charge in [-0.3, -0.25) is 4.90 Å². The second kappa shape index (κ2) is 9.87. The maximum atomic E-state index is 14.8. The summed E-state index contributed by atoms with van der Waals surface area (Å²) in [5.41, 5.74) is 7.83. The SMILES string of the molecule is C[C@H](Oc1ccc(N2CCN(CCn3ncc4c3nc(N)n3nc(-c5ccco5)nc43)CC2)c(F)c1)C(=O)O. The number of aromatic nitrogens is 6. The molecule has 202 valence electrons. The molecule has 4 aromatic heterocycles. The third-order valence-electron chi connectivity index (χ3n) is 6.76. The number of rotatable bonds is 8. The van der Waals surface area contributed by atoms with Crippen molar-refractivity contribution in [2.45, 2.75) is 19.6 Å². The summed E-state index contributed by atoms with van der Waals surface area (Å²) in [7, 11) is 0. The number of furan rings is 1. The van der Waals surface area contributed by atoms with E-state index in [4.69, 9.17) is 20.0 Å². The van der Waals surface area contributed by atoms with E-state index in [1.54, 1.807) is 41.4 Å². The van der Waals surface area contributed by atoms with Gasteiger partial charge in [0, 0.05) is 38.8 Å². The predicted octanol–water partition coefficient (Wildman–Crippen LogP) is 2.13. The highest BCUT2D eigenvalue weighted by Gasteiger charge is 2.22. The summed E-state index contributed by atoms with van der Waals surface area (Å²) < 4.78 is 28.7. The number of nitrogens with zero attached hydrogens (tertiary/aromatic N) is 8. The van der Waals surface area contributed by atoms with Gasteiger partial charge in [0.1, 0.15) is 11.6 Å². The second-order valence-corrected chi connectivity index (χ2v) is 9.26. The van der Waals surface area contributed by atoms with Crippen LogP contribution in [-0.2, 0) is 11.3 Å². The molecule has 14 heteroatoms. The van der Waals surface area contributed by atoms with Gasteiger partial charge in [-0.15, -0.1) is 5.10 Å². The maximum Gasteiger partial charge on any atom is 0.344 e. The molecule has 0 spiro atoms. The molecule has 0 unspecified atom stereocenters. The topological polar surface area (TPSA) is 153 Å². The van der Waals surface area contributed by atoms with Crippen LogP contribution >= 0.6 is 0 Å². The van der Waals surface area contributed by atoms with Crippen molar-refractivity contribution in [3.63, 3.8) is 0 Å². The third kappa shape index (κ3) is 4.69. The molecule has 39 heavy (non-hydrogen) atoms.